The van der Waals surface area contributed by atoms with Crippen molar-refractivity contribution in [1.29, 1.82) is 0 Å². The molecule has 1 aromatic carbocycles. The highest BCUT2D eigenvalue weighted by atomic mass is 79.9. The van der Waals surface area contributed by atoms with Gasteiger partial charge < -0.3 is 9.52 Å². The molecular weight excluding hydrogens is 227 g/mol. The molecule has 2 aromatic rings. The van der Waals surface area contributed by atoms with E-state index in [4.69, 9.17) is 4.42 Å². The Hall–Kier alpha value is -1.03. The predicted molar refractivity (Wildman–Crippen MR) is 45.5 cm³/mol. The minimum absolute atomic E-state index is 0.0507. The monoisotopic (exact) mass is 230 g/mol. The molecule has 2 nitrogen and oxygen atoms in total. The van der Waals surface area contributed by atoms with Crippen LogP contribution in [0.2, 0.25) is 0 Å². The van der Waals surface area contributed by atoms with Crippen LogP contribution in [0.4, 0.5) is 4.39 Å². The predicted octanol–water partition coefficient (Wildman–Crippen LogP) is 3.04. The Bertz CT molecular complexity index is 436. The van der Waals surface area contributed by atoms with E-state index in [0.717, 1.165) is 6.26 Å². The third kappa shape index (κ3) is 0.992. The lowest BCUT2D eigenvalue weighted by atomic mass is 10.2. The number of hydrogen-bond acceptors (Lipinski definition) is 2. The molecule has 0 saturated carbocycles. The third-order valence-electron chi connectivity index (χ3n) is 1.57. The summed E-state index contributed by atoms with van der Waals surface area (Å²) < 4.78 is 18.4. The number of aromatic hydroxyl groups is 1. The zero-order chi connectivity index (χ0) is 8.72. The van der Waals surface area contributed by atoms with Crippen LogP contribution in [0.15, 0.2) is 27.3 Å². The third-order valence-corrected chi connectivity index (χ3v) is 2.03. The van der Waals surface area contributed by atoms with Crippen molar-refractivity contribution in [2.75, 3.05) is 0 Å². The molecule has 12 heavy (non-hydrogen) atoms. The zero-order valence-corrected chi connectivity index (χ0v) is 7.43. The van der Waals surface area contributed by atoms with E-state index >= 15 is 0 Å². The average molecular weight is 231 g/mol. The lowest BCUT2D eigenvalue weighted by Crippen LogP contribution is -1.74. The van der Waals surface area contributed by atoms with Gasteiger partial charge in [0.05, 0.1) is 5.39 Å². The fourth-order valence-electron chi connectivity index (χ4n) is 1.05. The highest BCUT2D eigenvalue weighted by molar-refractivity contribution is 9.10. The fraction of sp³-hybridized carbons (Fsp3) is 0. The van der Waals surface area contributed by atoms with Crippen molar-refractivity contribution < 1.29 is 13.9 Å². The molecule has 0 aliphatic rings. The SMILES string of the molecule is Oc1coc2c(F)cc(Br)cc12. The lowest BCUT2D eigenvalue weighted by molar-refractivity contribution is 0.463. The summed E-state index contributed by atoms with van der Waals surface area (Å²) in [6, 6.07) is 2.88. The Morgan fingerprint density at radius 3 is 2.92 bits per heavy atom. The van der Waals surface area contributed by atoms with Gasteiger partial charge in [-0.25, -0.2) is 4.39 Å². The van der Waals surface area contributed by atoms with E-state index in [9.17, 15) is 9.50 Å². The van der Waals surface area contributed by atoms with Crippen molar-refractivity contribution in [3.8, 4) is 5.75 Å². The van der Waals surface area contributed by atoms with Gasteiger partial charge in [0.15, 0.2) is 17.1 Å². The largest absolute Gasteiger partial charge is 0.504 e. The summed E-state index contributed by atoms with van der Waals surface area (Å²) in [4.78, 5) is 0. The Kier molecular flexibility index (Phi) is 1.58. The van der Waals surface area contributed by atoms with Gasteiger partial charge in [0, 0.05) is 4.47 Å². The summed E-state index contributed by atoms with van der Waals surface area (Å²) in [6.07, 6.45) is 1.11. The van der Waals surface area contributed by atoms with Gasteiger partial charge in [0.1, 0.15) is 6.26 Å². The minimum atomic E-state index is -0.486. The van der Waals surface area contributed by atoms with Gasteiger partial charge in [-0.2, -0.15) is 0 Å². The molecule has 0 aliphatic carbocycles. The van der Waals surface area contributed by atoms with Gasteiger partial charge in [-0.3, -0.25) is 0 Å². The maximum absolute atomic E-state index is 13.0. The molecule has 0 amide bonds. The molecule has 0 fully saturated rings. The van der Waals surface area contributed by atoms with Gasteiger partial charge >= 0.3 is 0 Å². The Morgan fingerprint density at radius 2 is 2.17 bits per heavy atom. The molecule has 0 saturated heterocycles. The van der Waals surface area contributed by atoms with E-state index in [2.05, 4.69) is 15.9 Å². The van der Waals surface area contributed by atoms with Crippen LogP contribution in [0, 0.1) is 5.82 Å². The van der Waals surface area contributed by atoms with Crippen molar-refractivity contribution >= 4 is 26.9 Å². The summed E-state index contributed by atoms with van der Waals surface area (Å²) in [7, 11) is 0. The quantitative estimate of drug-likeness (QED) is 0.755. The van der Waals surface area contributed by atoms with Gasteiger partial charge in [0.2, 0.25) is 0 Å². The number of halogens is 2. The summed E-state index contributed by atoms with van der Waals surface area (Å²) in [5, 5.41) is 9.56. The van der Waals surface area contributed by atoms with Crippen LogP contribution in [-0.2, 0) is 0 Å². The van der Waals surface area contributed by atoms with Gasteiger partial charge in [-0.05, 0) is 12.1 Å². The van der Waals surface area contributed by atoms with Crippen LogP contribution < -0.4 is 0 Å². The molecule has 1 aromatic heterocycles. The van der Waals surface area contributed by atoms with Gasteiger partial charge in [0.25, 0.3) is 0 Å². The molecule has 0 unspecified atom stereocenters. The van der Waals surface area contributed by atoms with E-state index in [0.29, 0.717) is 9.86 Å². The first-order chi connectivity index (χ1) is 5.68. The van der Waals surface area contributed by atoms with E-state index < -0.39 is 5.82 Å². The second-order valence-corrected chi connectivity index (χ2v) is 3.30. The van der Waals surface area contributed by atoms with Crippen LogP contribution >= 0.6 is 15.9 Å². The van der Waals surface area contributed by atoms with Crippen molar-refractivity contribution in [2.24, 2.45) is 0 Å². The first-order valence-electron chi connectivity index (χ1n) is 3.23. The van der Waals surface area contributed by atoms with E-state index in [1.165, 1.54) is 6.07 Å². The fourth-order valence-corrected chi connectivity index (χ4v) is 1.48. The summed E-state index contributed by atoms with van der Waals surface area (Å²) >= 11 is 3.11. The zero-order valence-electron chi connectivity index (χ0n) is 5.84. The molecule has 0 bridgehead atoms. The first kappa shape index (κ1) is 7.61. The number of rotatable bonds is 0. The molecule has 1 N–H and O–H groups in total. The molecule has 1 heterocycles. The summed E-state index contributed by atoms with van der Waals surface area (Å²) in [5.41, 5.74) is 0.0794. The number of hydrogen-bond donors (Lipinski definition) is 1. The van der Waals surface area contributed by atoms with Crippen LogP contribution in [0.1, 0.15) is 0 Å². The molecule has 0 radical (unpaired) electrons. The molecule has 4 heteroatoms. The Labute approximate surface area is 75.7 Å². The van der Waals surface area contributed by atoms with Crippen molar-refractivity contribution in [3.63, 3.8) is 0 Å². The number of benzene rings is 1. The maximum Gasteiger partial charge on any atom is 0.173 e. The van der Waals surface area contributed by atoms with Crippen LogP contribution in [-0.4, -0.2) is 5.11 Å². The molecular formula is C8H4BrFO2. The summed E-state index contributed by atoms with van der Waals surface area (Å²) in [5.74, 6) is -0.537. The van der Waals surface area contributed by atoms with E-state index in [1.54, 1.807) is 6.07 Å². The number of furan rings is 1. The Balaban J connectivity index is 2.92. The highest BCUT2D eigenvalue weighted by Crippen LogP contribution is 2.31. The van der Waals surface area contributed by atoms with Gasteiger partial charge in [-0.1, -0.05) is 15.9 Å². The van der Waals surface area contributed by atoms with Crippen molar-refractivity contribution in [1.82, 2.24) is 0 Å². The van der Waals surface area contributed by atoms with Crippen molar-refractivity contribution in [2.45, 2.75) is 0 Å². The molecule has 62 valence electrons. The molecule has 0 atom stereocenters. The smallest absolute Gasteiger partial charge is 0.173 e. The minimum Gasteiger partial charge on any atom is -0.504 e. The molecule has 2 rings (SSSR count). The topological polar surface area (TPSA) is 33.4 Å². The Morgan fingerprint density at radius 1 is 1.42 bits per heavy atom. The normalized spacial score (nSPS) is 10.8. The second-order valence-electron chi connectivity index (χ2n) is 2.39. The standard InChI is InChI=1S/C8H4BrFO2/c9-4-1-5-7(11)3-12-8(5)6(10)2-4/h1-3,11H. The van der Waals surface area contributed by atoms with E-state index in [1.807, 2.05) is 0 Å². The summed E-state index contributed by atoms with van der Waals surface area (Å²) in [6.45, 7) is 0. The van der Waals surface area contributed by atoms with Crippen LogP contribution in [0.3, 0.4) is 0 Å². The molecule has 0 aliphatic heterocycles. The van der Waals surface area contributed by atoms with Crippen LogP contribution in [0.25, 0.3) is 11.0 Å². The van der Waals surface area contributed by atoms with Crippen LogP contribution in [0.5, 0.6) is 5.75 Å². The lowest BCUT2D eigenvalue weighted by Gasteiger charge is -1.92. The number of fused-ring (bicyclic) bond motifs is 1. The molecule has 0 spiro atoms. The van der Waals surface area contributed by atoms with Gasteiger partial charge in [-0.15, -0.1) is 0 Å². The van der Waals surface area contributed by atoms with Crippen molar-refractivity contribution in [3.05, 3.63) is 28.7 Å². The first-order valence-corrected chi connectivity index (χ1v) is 4.03. The second kappa shape index (κ2) is 2.48. The van der Waals surface area contributed by atoms with E-state index in [-0.39, 0.29) is 11.3 Å². The highest BCUT2D eigenvalue weighted by Gasteiger charge is 2.09. The maximum atomic E-state index is 13.0. The average Bonchev–Trinajstić information content (AvgIpc) is 2.33.